The molecule has 0 atom stereocenters. The van der Waals surface area contributed by atoms with Gasteiger partial charge in [0.05, 0.1) is 0 Å². The normalized spacial score (nSPS) is 14.7. The van der Waals surface area contributed by atoms with E-state index in [9.17, 15) is 9.59 Å². The lowest BCUT2D eigenvalue weighted by Gasteiger charge is -2.35. The molecular formula is C22H35N3O2. The van der Waals surface area contributed by atoms with Crippen molar-refractivity contribution in [1.29, 1.82) is 0 Å². The number of aryl methyl sites for hydroxylation is 2. The number of amides is 2. The van der Waals surface area contributed by atoms with Crippen molar-refractivity contribution >= 4 is 11.8 Å². The highest BCUT2D eigenvalue weighted by molar-refractivity contribution is 5.78. The van der Waals surface area contributed by atoms with Crippen LogP contribution in [-0.4, -0.2) is 72.3 Å². The second-order valence-electron chi connectivity index (χ2n) is 7.32. The Morgan fingerprint density at radius 3 is 2.04 bits per heavy atom. The molecule has 1 aromatic rings. The van der Waals surface area contributed by atoms with Crippen LogP contribution < -0.4 is 0 Å². The number of piperazine rings is 1. The van der Waals surface area contributed by atoms with Crippen LogP contribution in [0.5, 0.6) is 0 Å². The summed E-state index contributed by atoms with van der Waals surface area (Å²) in [5.74, 6) is 0.437. The van der Waals surface area contributed by atoms with E-state index in [1.807, 2.05) is 15.9 Å². The average molecular weight is 374 g/mol. The van der Waals surface area contributed by atoms with Gasteiger partial charge in [-0.1, -0.05) is 38.1 Å². The zero-order valence-corrected chi connectivity index (χ0v) is 17.2. The van der Waals surface area contributed by atoms with Gasteiger partial charge >= 0.3 is 0 Å². The summed E-state index contributed by atoms with van der Waals surface area (Å²) < 4.78 is 0. The fourth-order valence-corrected chi connectivity index (χ4v) is 3.64. The Morgan fingerprint density at radius 2 is 1.48 bits per heavy atom. The Labute approximate surface area is 164 Å². The van der Waals surface area contributed by atoms with E-state index in [0.29, 0.717) is 39.0 Å². The molecule has 1 aromatic carbocycles. The van der Waals surface area contributed by atoms with Crippen LogP contribution in [0.3, 0.4) is 0 Å². The second kappa shape index (κ2) is 11.1. The molecule has 0 spiro atoms. The molecule has 2 amide bonds. The summed E-state index contributed by atoms with van der Waals surface area (Å²) in [5, 5.41) is 0. The van der Waals surface area contributed by atoms with Crippen molar-refractivity contribution in [3.63, 3.8) is 0 Å². The number of hydrogen-bond donors (Lipinski definition) is 0. The molecule has 1 heterocycles. The van der Waals surface area contributed by atoms with Crippen LogP contribution in [0.2, 0.25) is 0 Å². The van der Waals surface area contributed by atoms with Crippen LogP contribution >= 0.6 is 0 Å². The summed E-state index contributed by atoms with van der Waals surface area (Å²) in [7, 11) is 0. The SMILES string of the molecule is CCN(CC)CCC(=O)N1CCN(C(=O)CCCc2ccccc2C)CC1. The van der Waals surface area contributed by atoms with Crippen molar-refractivity contribution in [2.45, 2.75) is 46.5 Å². The van der Waals surface area contributed by atoms with Crippen LogP contribution in [0, 0.1) is 6.92 Å². The first-order valence-corrected chi connectivity index (χ1v) is 10.4. The maximum absolute atomic E-state index is 12.5. The van der Waals surface area contributed by atoms with Gasteiger partial charge in [-0.15, -0.1) is 0 Å². The third-order valence-corrected chi connectivity index (χ3v) is 5.62. The van der Waals surface area contributed by atoms with Crippen LogP contribution in [-0.2, 0) is 16.0 Å². The van der Waals surface area contributed by atoms with Crippen molar-refractivity contribution < 1.29 is 9.59 Å². The largest absolute Gasteiger partial charge is 0.339 e. The average Bonchev–Trinajstić information content (AvgIpc) is 2.70. The molecule has 0 unspecified atom stereocenters. The molecule has 0 bridgehead atoms. The summed E-state index contributed by atoms with van der Waals surface area (Å²) in [6, 6.07) is 8.36. The Morgan fingerprint density at radius 1 is 0.926 bits per heavy atom. The van der Waals surface area contributed by atoms with E-state index in [2.05, 4.69) is 43.9 Å². The lowest BCUT2D eigenvalue weighted by molar-refractivity contribution is -0.139. The molecule has 0 radical (unpaired) electrons. The van der Waals surface area contributed by atoms with E-state index in [1.54, 1.807) is 0 Å². The van der Waals surface area contributed by atoms with Crippen LogP contribution in [0.15, 0.2) is 24.3 Å². The quantitative estimate of drug-likeness (QED) is 0.668. The van der Waals surface area contributed by atoms with Crippen molar-refractivity contribution in [1.82, 2.24) is 14.7 Å². The smallest absolute Gasteiger partial charge is 0.223 e. The monoisotopic (exact) mass is 373 g/mol. The van der Waals surface area contributed by atoms with Crippen molar-refractivity contribution in [2.24, 2.45) is 0 Å². The van der Waals surface area contributed by atoms with Crippen LogP contribution in [0.25, 0.3) is 0 Å². The molecule has 1 aliphatic heterocycles. The minimum absolute atomic E-state index is 0.216. The van der Waals surface area contributed by atoms with Gasteiger partial charge < -0.3 is 14.7 Å². The molecule has 2 rings (SSSR count). The van der Waals surface area contributed by atoms with Gasteiger partial charge in [0.15, 0.2) is 0 Å². The topological polar surface area (TPSA) is 43.9 Å². The Kier molecular flexibility index (Phi) is 8.79. The van der Waals surface area contributed by atoms with Gasteiger partial charge in [-0.05, 0) is 44.0 Å². The Hall–Kier alpha value is -1.88. The lowest BCUT2D eigenvalue weighted by atomic mass is 10.0. The van der Waals surface area contributed by atoms with E-state index >= 15 is 0 Å². The van der Waals surface area contributed by atoms with Gasteiger partial charge in [0.25, 0.3) is 0 Å². The van der Waals surface area contributed by atoms with Crippen molar-refractivity contribution in [2.75, 3.05) is 45.8 Å². The Balaban J connectivity index is 1.68. The summed E-state index contributed by atoms with van der Waals surface area (Å²) in [6.45, 7) is 11.8. The predicted octanol–water partition coefficient (Wildman–Crippen LogP) is 2.72. The number of benzene rings is 1. The van der Waals surface area contributed by atoms with E-state index in [1.165, 1.54) is 11.1 Å². The van der Waals surface area contributed by atoms with E-state index in [0.717, 1.165) is 32.5 Å². The van der Waals surface area contributed by atoms with E-state index < -0.39 is 0 Å². The maximum Gasteiger partial charge on any atom is 0.223 e. The van der Waals surface area contributed by atoms with Gasteiger partial charge in [0.1, 0.15) is 0 Å². The summed E-state index contributed by atoms with van der Waals surface area (Å²) in [6.07, 6.45) is 2.99. The molecule has 150 valence electrons. The fourth-order valence-electron chi connectivity index (χ4n) is 3.64. The fraction of sp³-hybridized carbons (Fsp3) is 0.636. The van der Waals surface area contributed by atoms with Gasteiger partial charge in [0, 0.05) is 45.6 Å². The summed E-state index contributed by atoms with van der Waals surface area (Å²) in [5.41, 5.74) is 2.62. The van der Waals surface area contributed by atoms with E-state index in [4.69, 9.17) is 0 Å². The molecule has 1 aliphatic rings. The minimum atomic E-state index is 0.216. The summed E-state index contributed by atoms with van der Waals surface area (Å²) >= 11 is 0. The highest BCUT2D eigenvalue weighted by Crippen LogP contribution is 2.12. The standard InChI is InChI=1S/C22H35N3O2/c1-4-23(5-2)14-13-22(27)25-17-15-24(16-18-25)21(26)12-8-11-20-10-7-6-9-19(20)3/h6-7,9-10H,4-5,8,11-18H2,1-3H3. The molecular weight excluding hydrogens is 338 g/mol. The van der Waals surface area contributed by atoms with Gasteiger partial charge in [0.2, 0.25) is 11.8 Å². The third-order valence-electron chi connectivity index (χ3n) is 5.62. The van der Waals surface area contributed by atoms with Gasteiger partial charge in [-0.3, -0.25) is 9.59 Å². The molecule has 0 aliphatic carbocycles. The lowest BCUT2D eigenvalue weighted by Crippen LogP contribution is -2.51. The molecule has 5 nitrogen and oxygen atoms in total. The van der Waals surface area contributed by atoms with Crippen LogP contribution in [0.4, 0.5) is 0 Å². The first-order chi connectivity index (χ1) is 13.0. The zero-order chi connectivity index (χ0) is 19.6. The van der Waals surface area contributed by atoms with Gasteiger partial charge in [-0.25, -0.2) is 0 Å². The third kappa shape index (κ3) is 6.65. The molecule has 0 aromatic heterocycles. The maximum atomic E-state index is 12.5. The summed E-state index contributed by atoms with van der Waals surface area (Å²) in [4.78, 5) is 30.9. The number of hydrogen-bond acceptors (Lipinski definition) is 3. The first-order valence-electron chi connectivity index (χ1n) is 10.4. The molecule has 0 saturated carbocycles. The molecule has 0 N–H and O–H groups in total. The van der Waals surface area contributed by atoms with Crippen molar-refractivity contribution in [3.05, 3.63) is 35.4 Å². The molecule has 5 heteroatoms. The van der Waals surface area contributed by atoms with Gasteiger partial charge in [-0.2, -0.15) is 0 Å². The number of carbonyl (C=O) groups excluding carboxylic acids is 2. The number of rotatable bonds is 9. The highest BCUT2D eigenvalue weighted by atomic mass is 16.2. The predicted molar refractivity (Wildman–Crippen MR) is 110 cm³/mol. The second-order valence-corrected chi connectivity index (χ2v) is 7.32. The van der Waals surface area contributed by atoms with E-state index in [-0.39, 0.29) is 11.8 Å². The number of carbonyl (C=O) groups is 2. The molecule has 1 fully saturated rings. The highest BCUT2D eigenvalue weighted by Gasteiger charge is 2.23. The molecule has 1 saturated heterocycles. The number of nitrogens with zero attached hydrogens (tertiary/aromatic N) is 3. The first kappa shape index (κ1) is 21.4. The van der Waals surface area contributed by atoms with Crippen molar-refractivity contribution in [3.8, 4) is 0 Å². The Bertz CT molecular complexity index is 605. The minimum Gasteiger partial charge on any atom is -0.339 e. The van der Waals surface area contributed by atoms with Crippen LogP contribution in [0.1, 0.15) is 44.2 Å². The zero-order valence-electron chi connectivity index (χ0n) is 17.2. The molecule has 27 heavy (non-hydrogen) atoms.